The second-order valence-corrected chi connectivity index (χ2v) is 5.27. The van der Waals surface area contributed by atoms with Crippen LogP contribution in [0.2, 0.25) is 0 Å². The van der Waals surface area contributed by atoms with Crippen LogP contribution >= 0.6 is 0 Å². The summed E-state index contributed by atoms with van der Waals surface area (Å²) in [5.74, 6) is 0.537. The summed E-state index contributed by atoms with van der Waals surface area (Å²) in [7, 11) is 0. The summed E-state index contributed by atoms with van der Waals surface area (Å²) < 4.78 is 0. The van der Waals surface area contributed by atoms with Crippen LogP contribution in [-0.2, 0) is 6.54 Å². The number of aromatic amines is 1. The average Bonchev–Trinajstić information content (AvgIpc) is 2.76. The van der Waals surface area contributed by atoms with Crippen molar-refractivity contribution in [3.8, 4) is 0 Å². The first-order valence-corrected chi connectivity index (χ1v) is 6.60. The Balaban J connectivity index is 1.88. The van der Waals surface area contributed by atoms with Gasteiger partial charge in [0.15, 0.2) is 0 Å². The fourth-order valence-electron chi connectivity index (χ4n) is 2.31. The molecule has 0 saturated heterocycles. The SMILES string of the molecule is CC(C)CC(O)CNCc1cccc2[nH]ccc12. The lowest BCUT2D eigenvalue weighted by Crippen LogP contribution is -2.27. The minimum Gasteiger partial charge on any atom is -0.392 e. The summed E-state index contributed by atoms with van der Waals surface area (Å²) in [4.78, 5) is 3.21. The molecule has 0 aliphatic rings. The van der Waals surface area contributed by atoms with Crippen molar-refractivity contribution in [3.63, 3.8) is 0 Å². The Hall–Kier alpha value is -1.32. The van der Waals surface area contributed by atoms with E-state index in [0.717, 1.165) is 18.5 Å². The van der Waals surface area contributed by atoms with Crippen LogP contribution in [0, 0.1) is 5.92 Å². The molecule has 0 amide bonds. The number of fused-ring (bicyclic) bond motifs is 1. The van der Waals surface area contributed by atoms with Gasteiger partial charge >= 0.3 is 0 Å². The van der Waals surface area contributed by atoms with Gasteiger partial charge in [-0.1, -0.05) is 26.0 Å². The topological polar surface area (TPSA) is 48.0 Å². The molecule has 3 N–H and O–H groups in total. The molecule has 1 aromatic heterocycles. The Labute approximate surface area is 108 Å². The van der Waals surface area contributed by atoms with Crippen molar-refractivity contribution < 1.29 is 5.11 Å². The lowest BCUT2D eigenvalue weighted by molar-refractivity contribution is 0.146. The zero-order valence-electron chi connectivity index (χ0n) is 11.1. The number of rotatable bonds is 6. The molecule has 0 fully saturated rings. The van der Waals surface area contributed by atoms with Crippen molar-refractivity contribution >= 4 is 10.9 Å². The van der Waals surface area contributed by atoms with Crippen molar-refractivity contribution in [3.05, 3.63) is 36.0 Å². The quantitative estimate of drug-likeness (QED) is 0.734. The highest BCUT2D eigenvalue weighted by Gasteiger charge is 2.07. The number of nitrogens with one attached hydrogen (secondary N) is 2. The molecule has 18 heavy (non-hydrogen) atoms. The normalized spacial score (nSPS) is 13.3. The van der Waals surface area contributed by atoms with Gasteiger partial charge in [-0.2, -0.15) is 0 Å². The maximum Gasteiger partial charge on any atom is 0.0667 e. The number of aliphatic hydroxyl groups excluding tert-OH is 1. The van der Waals surface area contributed by atoms with Gasteiger partial charge in [0, 0.05) is 30.2 Å². The van der Waals surface area contributed by atoms with Gasteiger partial charge in [-0.3, -0.25) is 0 Å². The summed E-state index contributed by atoms with van der Waals surface area (Å²) in [5, 5.41) is 14.4. The van der Waals surface area contributed by atoms with E-state index in [1.807, 2.05) is 6.20 Å². The van der Waals surface area contributed by atoms with Crippen LogP contribution in [0.1, 0.15) is 25.8 Å². The van der Waals surface area contributed by atoms with Gasteiger partial charge in [-0.25, -0.2) is 0 Å². The fourth-order valence-corrected chi connectivity index (χ4v) is 2.31. The molecule has 2 rings (SSSR count). The Morgan fingerprint density at radius 1 is 1.28 bits per heavy atom. The van der Waals surface area contributed by atoms with Gasteiger partial charge in [0.2, 0.25) is 0 Å². The average molecular weight is 246 g/mol. The molecule has 2 aromatic rings. The Kier molecular flexibility index (Phi) is 4.39. The minimum absolute atomic E-state index is 0.254. The third-order valence-electron chi connectivity index (χ3n) is 3.12. The highest BCUT2D eigenvalue weighted by atomic mass is 16.3. The summed E-state index contributed by atoms with van der Waals surface area (Å²) in [5.41, 5.74) is 2.43. The van der Waals surface area contributed by atoms with E-state index in [9.17, 15) is 5.11 Å². The number of hydrogen-bond donors (Lipinski definition) is 3. The number of aliphatic hydroxyl groups is 1. The van der Waals surface area contributed by atoms with Crippen molar-refractivity contribution in [2.45, 2.75) is 32.9 Å². The molecule has 0 aliphatic carbocycles. The van der Waals surface area contributed by atoms with Gasteiger partial charge < -0.3 is 15.4 Å². The van der Waals surface area contributed by atoms with E-state index < -0.39 is 0 Å². The predicted molar refractivity (Wildman–Crippen MR) is 75.5 cm³/mol. The molecule has 0 saturated carbocycles. The van der Waals surface area contributed by atoms with Crippen LogP contribution in [0.4, 0.5) is 0 Å². The molecule has 3 nitrogen and oxygen atoms in total. The monoisotopic (exact) mass is 246 g/mol. The molecular weight excluding hydrogens is 224 g/mol. The molecule has 1 heterocycles. The van der Waals surface area contributed by atoms with E-state index in [4.69, 9.17) is 0 Å². The maximum atomic E-state index is 9.80. The van der Waals surface area contributed by atoms with Crippen LogP contribution < -0.4 is 5.32 Å². The second-order valence-electron chi connectivity index (χ2n) is 5.27. The lowest BCUT2D eigenvalue weighted by Gasteiger charge is -2.14. The standard InChI is InChI=1S/C15H22N2O/c1-11(2)8-13(18)10-16-9-12-4-3-5-15-14(12)6-7-17-15/h3-7,11,13,16-18H,8-10H2,1-2H3. The summed E-state index contributed by atoms with van der Waals surface area (Å²) >= 11 is 0. The number of H-pyrrole nitrogens is 1. The maximum absolute atomic E-state index is 9.80. The number of benzene rings is 1. The molecule has 0 spiro atoms. The molecule has 1 aromatic carbocycles. The van der Waals surface area contributed by atoms with Crippen molar-refractivity contribution in [2.75, 3.05) is 6.54 Å². The molecule has 0 aliphatic heterocycles. The zero-order valence-corrected chi connectivity index (χ0v) is 11.1. The van der Waals surface area contributed by atoms with E-state index in [1.54, 1.807) is 0 Å². The third-order valence-corrected chi connectivity index (χ3v) is 3.12. The van der Waals surface area contributed by atoms with Crippen LogP contribution in [0.5, 0.6) is 0 Å². The van der Waals surface area contributed by atoms with Crippen LogP contribution in [0.15, 0.2) is 30.5 Å². The van der Waals surface area contributed by atoms with Gasteiger partial charge in [-0.05, 0) is 30.0 Å². The van der Waals surface area contributed by atoms with E-state index in [-0.39, 0.29) is 6.10 Å². The first-order valence-electron chi connectivity index (χ1n) is 6.60. The van der Waals surface area contributed by atoms with Gasteiger partial charge in [0.25, 0.3) is 0 Å². The van der Waals surface area contributed by atoms with E-state index in [0.29, 0.717) is 12.5 Å². The Bertz CT molecular complexity index is 490. The van der Waals surface area contributed by atoms with Crippen molar-refractivity contribution in [2.24, 2.45) is 5.92 Å². The molecule has 98 valence electrons. The predicted octanol–water partition coefficient (Wildman–Crippen LogP) is 2.66. The van der Waals surface area contributed by atoms with Crippen molar-refractivity contribution in [1.82, 2.24) is 10.3 Å². The van der Waals surface area contributed by atoms with Gasteiger partial charge in [-0.15, -0.1) is 0 Å². The largest absolute Gasteiger partial charge is 0.392 e. The molecule has 1 unspecified atom stereocenters. The Morgan fingerprint density at radius 2 is 2.11 bits per heavy atom. The molecule has 1 atom stereocenters. The molecule has 3 heteroatoms. The number of hydrogen-bond acceptors (Lipinski definition) is 2. The first-order chi connectivity index (χ1) is 8.66. The zero-order chi connectivity index (χ0) is 13.0. The summed E-state index contributed by atoms with van der Waals surface area (Å²) in [6.45, 7) is 5.71. The molecule has 0 bridgehead atoms. The van der Waals surface area contributed by atoms with Crippen LogP contribution in [0.3, 0.4) is 0 Å². The molecular formula is C15H22N2O. The van der Waals surface area contributed by atoms with Crippen molar-refractivity contribution in [1.29, 1.82) is 0 Å². The van der Waals surface area contributed by atoms with E-state index in [2.05, 4.69) is 48.4 Å². The van der Waals surface area contributed by atoms with Crippen LogP contribution in [-0.4, -0.2) is 22.7 Å². The van der Waals surface area contributed by atoms with Gasteiger partial charge in [0.05, 0.1) is 6.10 Å². The fraction of sp³-hybridized carbons (Fsp3) is 0.467. The van der Waals surface area contributed by atoms with E-state index in [1.165, 1.54) is 10.9 Å². The second kappa shape index (κ2) is 6.03. The third kappa shape index (κ3) is 3.34. The lowest BCUT2D eigenvalue weighted by atomic mass is 10.1. The van der Waals surface area contributed by atoms with Crippen LogP contribution in [0.25, 0.3) is 10.9 Å². The minimum atomic E-state index is -0.254. The van der Waals surface area contributed by atoms with E-state index >= 15 is 0 Å². The first kappa shape index (κ1) is 13.1. The summed E-state index contributed by atoms with van der Waals surface area (Å²) in [6.07, 6.45) is 2.55. The summed E-state index contributed by atoms with van der Waals surface area (Å²) in [6, 6.07) is 8.35. The smallest absolute Gasteiger partial charge is 0.0667 e. The van der Waals surface area contributed by atoms with Gasteiger partial charge in [0.1, 0.15) is 0 Å². The highest BCUT2D eigenvalue weighted by molar-refractivity contribution is 5.82. The molecule has 0 radical (unpaired) electrons. The highest BCUT2D eigenvalue weighted by Crippen LogP contribution is 2.17. The number of aromatic nitrogens is 1. The Morgan fingerprint density at radius 3 is 2.89 bits per heavy atom.